The van der Waals surface area contributed by atoms with Gasteiger partial charge in [-0.15, -0.1) is 6.58 Å². The summed E-state index contributed by atoms with van der Waals surface area (Å²) in [7, 11) is 0. The third-order valence-electron chi connectivity index (χ3n) is 2.40. The summed E-state index contributed by atoms with van der Waals surface area (Å²) in [5.74, 6) is 0. The Hall–Kier alpha value is -0.780. The minimum Gasteiger partial charge on any atom is -0.103 e. The molecule has 0 aliphatic rings. The van der Waals surface area contributed by atoms with Crippen molar-refractivity contribution in [3.05, 3.63) is 37.0 Å². The smallest absolute Gasteiger partial charge is 0.0348 e. The highest BCUT2D eigenvalue weighted by atomic mass is 13.9. The zero-order chi connectivity index (χ0) is 11.2. The van der Waals surface area contributed by atoms with Crippen LogP contribution in [0.2, 0.25) is 0 Å². The van der Waals surface area contributed by atoms with Crippen molar-refractivity contribution in [1.82, 2.24) is 0 Å². The number of hydrogen-bond donors (Lipinski definition) is 0. The second-order valence-corrected chi connectivity index (χ2v) is 3.90. The maximum absolute atomic E-state index is 3.73. The molecule has 15 heavy (non-hydrogen) atoms. The van der Waals surface area contributed by atoms with Gasteiger partial charge in [0.05, 0.1) is 0 Å². The highest BCUT2D eigenvalue weighted by Gasteiger charge is 1.87. The van der Waals surface area contributed by atoms with Crippen molar-refractivity contribution >= 4 is 0 Å². The molecule has 0 heterocycles. The van der Waals surface area contributed by atoms with Crippen molar-refractivity contribution in [3.63, 3.8) is 0 Å². The molecular formula is C15H26. The van der Waals surface area contributed by atoms with E-state index in [2.05, 4.69) is 37.8 Å². The average molecular weight is 206 g/mol. The lowest BCUT2D eigenvalue weighted by atomic mass is 10.1. The van der Waals surface area contributed by atoms with Crippen LogP contribution in [0.4, 0.5) is 0 Å². The molecule has 0 N–H and O–H groups in total. The molecule has 0 radical (unpaired) electrons. The Bertz CT molecular complexity index is 174. The van der Waals surface area contributed by atoms with Crippen LogP contribution in [0.25, 0.3) is 0 Å². The number of allylic oxidation sites excluding steroid dienone is 5. The zero-order valence-electron chi connectivity index (χ0n) is 10.3. The predicted molar refractivity (Wildman–Crippen MR) is 71.1 cm³/mol. The predicted octanol–water partition coefficient (Wildman–Crippen LogP) is 5.43. The molecule has 0 unspecified atom stereocenters. The minimum atomic E-state index is 1.13. The normalized spacial score (nSPS) is 11.5. The van der Waals surface area contributed by atoms with E-state index in [1.54, 1.807) is 0 Å². The Balaban J connectivity index is 3.07. The van der Waals surface area contributed by atoms with E-state index in [4.69, 9.17) is 0 Å². The van der Waals surface area contributed by atoms with Gasteiger partial charge in [0, 0.05) is 0 Å². The van der Waals surface area contributed by atoms with Crippen LogP contribution >= 0.6 is 0 Å². The van der Waals surface area contributed by atoms with Crippen molar-refractivity contribution in [1.29, 1.82) is 0 Å². The first-order valence-electron chi connectivity index (χ1n) is 6.34. The number of hydrogen-bond acceptors (Lipinski definition) is 0. The lowest BCUT2D eigenvalue weighted by Crippen LogP contribution is -1.77. The van der Waals surface area contributed by atoms with E-state index in [1.807, 2.05) is 6.08 Å². The van der Waals surface area contributed by atoms with Crippen LogP contribution in [-0.2, 0) is 0 Å². The molecule has 0 atom stereocenters. The van der Waals surface area contributed by atoms with E-state index < -0.39 is 0 Å². The first-order valence-corrected chi connectivity index (χ1v) is 6.34. The molecule has 0 aromatic rings. The SMILES string of the molecule is C=CCCCCCCCC=CC=CCC. The molecule has 0 aromatic heterocycles. The van der Waals surface area contributed by atoms with Crippen molar-refractivity contribution < 1.29 is 0 Å². The maximum atomic E-state index is 3.73. The van der Waals surface area contributed by atoms with E-state index in [9.17, 15) is 0 Å². The van der Waals surface area contributed by atoms with E-state index in [0.29, 0.717) is 0 Å². The second-order valence-electron chi connectivity index (χ2n) is 3.90. The fraction of sp³-hybridized carbons (Fsp3) is 0.600. The number of unbranched alkanes of at least 4 members (excludes halogenated alkanes) is 6. The third kappa shape index (κ3) is 13.2. The van der Waals surface area contributed by atoms with Crippen LogP contribution in [0.3, 0.4) is 0 Å². The zero-order valence-corrected chi connectivity index (χ0v) is 10.3. The van der Waals surface area contributed by atoms with Crippen molar-refractivity contribution in [2.24, 2.45) is 0 Å². The molecule has 86 valence electrons. The van der Waals surface area contributed by atoms with Gasteiger partial charge in [-0.1, -0.05) is 56.6 Å². The summed E-state index contributed by atoms with van der Waals surface area (Å²) in [6.45, 7) is 5.89. The van der Waals surface area contributed by atoms with Gasteiger partial charge in [0.15, 0.2) is 0 Å². The molecule has 0 aliphatic carbocycles. The van der Waals surface area contributed by atoms with E-state index in [0.717, 1.165) is 6.42 Å². The van der Waals surface area contributed by atoms with Gasteiger partial charge in [-0.05, 0) is 32.1 Å². The Morgan fingerprint density at radius 3 is 2.07 bits per heavy atom. The summed E-state index contributed by atoms with van der Waals surface area (Å²) in [6.07, 6.45) is 21.1. The van der Waals surface area contributed by atoms with Crippen LogP contribution in [0.1, 0.15) is 58.3 Å². The van der Waals surface area contributed by atoms with Gasteiger partial charge in [0.25, 0.3) is 0 Å². The van der Waals surface area contributed by atoms with Gasteiger partial charge in [0.1, 0.15) is 0 Å². The summed E-state index contributed by atoms with van der Waals surface area (Å²) in [5, 5.41) is 0. The summed E-state index contributed by atoms with van der Waals surface area (Å²) in [5.41, 5.74) is 0. The molecule has 0 saturated heterocycles. The largest absolute Gasteiger partial charge is 0.103 e. The van der Waals surface area contributed by atoms with Gasteiger partial charge in [-0.2, -0.15) is 0 Å². The molecule has 0 spiro atoms. The first kappa shape index (κ1) is 14.2. The second kappa shape index (κ2) is 13.2. The summed E-state index contributed by atoms with van der Waals surface area (Å²) >= 11 is 0. The molecule has 0 nitrogen and oxygen atoms in total. The molecule has 0 fully saturated rings. The summed E-state index contributed by atoms with van der Waals surface area (Å²) in [4.78, 5) is 0. The average Bonchev–Trinajstić information content (AvgIpc) is 2.26. The molecule has 0 heteroatoms. The highest BCUT2D eigenvalue weighted by molar-refractivity contribution is 5.01. The molecule has 0 saturated carbocycles. The van der Waals surface area contributed by atoms with E-state index >= 15 is 0 Å². The van der Waals surface area contributed by atoms with Crippen LogP contribution in [0.5, 0.6) is 0 Å². The lowest BCUT2D eigenvalue weighted by Gasteiger charge is -1.97. The summed E-state index contributed by atoms with van der Waals surface area (Å²) in [6, 6.07) is 0. The molecular weight excluding hydrogens is 180 g/mol. The van der Waals surface area contributed by atoms with Crippen molar-refractivity contribution in [2.45, 2.75) is 58.3 Å². The van der Waals surface area contributed by atoms with Crippen LogP contribution in [-0.4, -0.2) is 0 Å². The maximum Gasteiger partial charge on any atom is -0.0348 e. The fourth-order valence-electron chi connectivity index (χ4n) is 1.47. The van der Waals surface area contributed by atoms with Gasteiger partial charge < -0.3 is 0 Å². The topological polar surface area (TPSA) is 0 Å². The van der Waals surface area contributed by atoms with E-state index in [-0.39, 0.29) is 0 Å². The van der Waals surface area contributed by atoms with Gasteiger partial charge in [-0.25, -0.2) is 0 Å². The molecule has 0 bridgehead atoms. The van der Waals surface area contributed by atoms with E-state index in [1.165, 1.54) is 44.9 Å². The Morgan fingerprint density at radius 1 is 0.800 bits per heavy atom. The van der Waals surface area contributed by atoms with Crippen LogP contribution in [0.15, 0.2) is 37.0 Å². The van der Waals surface area contributed by atoms with Gasteiger partial charge in [0.2, 0.25) is 0 Å². The highest BCUT2D eigenvalue weighted by Crippen LogP contribution is 2.07. The number of rotatable bonds is 10. The summed E-state index contributed by atoms with van der Waals surface area (Å²) < 4.78 is 0. The van der Waals surface area contributed by atoms with Gasteiger partial charge >= 0.3 is 0 Å². The van der Waals surface area contributed by atoms with Crippen molar-refractivity contribution in [2.75, 3.05) is 0 Å². The minimum absolute atomic E-state index is 1.13. The standard InChI is InChI=1S/C15H26/c1-3-5-7-9-11-13-15-14-12-10-8-6-4-2/h3,6,8,10,12H,1,4-5,7,9,11,13-15H2,2H3. The van der Waals surface area contributed by atoms with Crippen LogP contribution < -0.4 is 0 Å². The van der Waals surface area contributed by atoms with Crippen LogP contribution in [0, 0.1) is 0 Å². The fourth-order valence-corrected chi connectivity index (χ4v) is 1.47. The van der Waals surface area contributed by atoms with Crippen molar-refractivity contribution in [3.8, 4) is 0 Å². The third-order valence-corrected chi connectivity index (χ3v) is 2.40. The molecule has 0 rings (SSSR count). The Morgan fingerprint density at radius 2 is 1.40 bits per heavy atom. The monoisotopic (exact) mass is 206 g/mol. The molecule has 0 aromatic carbocycles. The Labute approximate surface area is 95.8 Å². The Kier molecular flexibility index (Phi) is 12.5. The van der Waals surface area contributed by atoms with Gasteiger partial charge in [-0.3, -0.25) is 0 Å². The lowest BCUT2D eigenvalue weighted by molar-refractivity contribution is 0.622. The molecule has 0 amide bonds. The molecule has 0 aliphatic heterocycles. The quantitative estimate of drug-likeness (QED) is 0.254. The first-order chi connectivity index (χ1) is 7.41.